The Kier molecular flexibility index (Phi) is 4.61. The van der Waals surface area contributed by atoms with Gasteiger partial charge in [-0.05, 0) is 31.2 Å². The maximum atomic E-state index is 13.0. The molecule has 0 radical (unpaired) electrons. The molecule has 0 saturated carbocycles. The summed E-state index contributed by atoms with van der Waals surface area (Å²) in [7, 11) is -3.35. The lowest BCUT2D eigenvalue weighted by atomic mass is 9.83. The number of esters is 1. The molecular formula is C17H19FN2O5S. The van der Waals surface area contributed by atoms with Crippen molar-refractivity contribution in [3.8, 4) is 0 Å². The highest BCUT2D eigenvalue weighted by Crippen LogP contribution is 2.41. The molecular weight excluding hydrogens is 363 g/mol. The van der Waals surface area contributed by atoms with Crippen LogP contribution in [0.15, 0.2) is 35.4 Å². The van der Waals surface area contributed by atoms with Crippen molar-refractivity contribution in [2.45, 2.75) is 25.4 Å². The molecule has 3 rings (SSSR count). The Bertz CT molecular complexity index is 884. The molecule has 26 heavy (non-hydrogen) atoms. The second kappa shape index (κ2) is 6.48. The number of ether oxygens (including phenoxy) is 1. The van der Waals surface area contributed by atoms with Gasteiger partial charge < -0.3 is 10.1 Å². The zero-order chi connectivity index (χ0) is 19.1. The molecule has 1 fully saturated rings. The van der Waals surface area contributed by atoms with E-state index in [4.69, 9.17) is 4.74 Å². The smallest absolute Gasteiger partial charge is 0.335 e. The van der Waals surface area contributed by atoms with E-state index in [9.17, 15) is 22.4 Å². The first-order chi connectivity index (χ1) is 12.1. The molecule has 2 aliphatic rings. The molecule has 1 aromatic rings. The molecule has 0 aliphatic carbocycles. The summed E-state index contributed by atoms with van der Waals surface area (Å²) >= 11 is 0. The molecule has 0 aromatic heterocycles. The van der Waals surface area contributed by atoms with Gasteiger partial charge in [-0.25, -0.2) is 21.9 Å². The third-order valence-corrected chi connectivity index (χ3v) is 6.06. The van der Waals surface area contributed by atoms with E-state index in [1.54, 1.807) is 0 Å². The van der Waals surface area contributed by atoms with Gasteiger partial charge in [0.05, 0.1) is 11.8 Å². The summed E-state index contributed by atoms with van der Waals surface area (Å²) in [5, 5.41) is 2.65. The van der Waals surface area contributed by atoms with Crippen LogP contribution in [-0.2, 0) is 24.3 Å². The van der Waals surface area contributed by atoms with E-state index in [2.05, 4.69) is 5.32 Å². The number of nitrogens with zero attached hydrogens (tertiary/aromatic N) is 1. The summed E-state index contributed by atoms with van der Waals surface area (Å²) in [4.78, 5) is 24.9. The van der Waals surface area contributed by atoms with Crippen LogP contribution in [0.4, 0.5) is 10.1 Å². The van der Waals surface area contributed by atoms with E-state index < -0.39 is 33.3 Å². The zero-order valence-electron chi connectivity index (χ0n) is 14.4. The molecule has 7 nitrogen and oxygen atoms in total. The summed E-state index contributed by atoms with van der Waals surface area (Å²) in [6, 6.07) is 5.26. The average Bonchev–Trinajstić information content (AvgIpc) is 2.79. The van der Waals surface area contributed by atoms with Crippen LogP contribution < -0.4 is 5.32 Å². The Labute approximate surface area is 150 Å². The predicted molar refractivity (Wildman–Crippen MR) is 92.2 cm³/mol. The molecule has 140 valence electrons. The summed E-state index contributed by atoms with van der Waals surface area (Å²) in [5.41, 5.74) is -0.330. The SMILES string of the molecule is CC1=C(C(=O)Nc2ccc(F)cc2)C2(CCN(S(C)(=O)=O)CC2)OC1=O. The normalized spacial score (nSPS) is 20.3. The fourth-order valence-electron chi connectivity index (χ4n) is 3.38. The number of anilines is 1. The van der Waals surface area contributed by atoms with E-state index in [0.717, 1.165) is 6.26 Å². The number of nitrogens with one attached hydrogen (secondary N) is 1. The number of piperidine rings is 1. The van der Waals surface area contributed by atoms with Crippen LogP contribution in [0.5, 0.6) is 0 Å². The van der Waals surface area contributed by atoms with Crippen LogP contribution >= 0.6 is 0 Å². The van der Waals surface area contributed by atoms with Crippen LogP contribution in [0.2, 0.25) is 0 Å². The van der Waals surface area contributed by atoms with Crippen molar-refractivity contribution in [1.29, 1.82) is 0 Å². The van der Waals surface area contributed by atoms with Crippen LogP contribution in [0.25, 0.3) is 0 Å². The van der Waals surface area contributed by atoms with Gasteiger partial charge in [0, 0.05) is 37.2 Å². The maximum absolute atomic E-state index is 13.0. The Balaban J connectivity index is 1.85. The molecule has 1 aromatic carbocycles. The van der Waals surface area contributed by atoms with Crippen molar-refractivity contribution in [2.24, 2.45) is 0 Å². The van der Waals surface area contributed by atoms with Gasteiger partial charge in [-0.2, -0.15) is 0 Å². The summed E-state index contributed by atoms with van der Waals surface area (Å²) in [6.07, 6.45) is 1.53. The quantitative estimate of drug-likeness (QED) is 0.799. The molecule has 1 amide bonds. The van der Waals surface area contributed by atoms with Crippen molar-refractivity contribution < 1.29 is 27.1 Å². The van der Waals surface area contributed by atoms with Gasteiger partial charge >= 0.3 is 5.97 Å². The van der Waals surface area contributed by atoms with Gasteiger partial charge in [-0.3, -0.25) is 4.79 Å². The second-order valence-electron chi connectivity index (χ2n) is 6.51. The van der Waals surface area contributed by atoms with E-state index in [1.165, 1.54) is 35.5 Å². The number of hydrogen-bond acceptors (Lipinski definition) is 5. The monoisotopic (exact) mass is 382 g/mol. The van der Waals surface area contributed by atoms with Crippen molar-refractivity contribution >= 4 is 27.6 Å². The molecule has 2 aliphatic heterocycles. The number of carbonyl (C=O) groups is 2. The fraction of sp³-hybridized carbons (Fsp3) is 0.412. The minimum atomic E-state index is -3.35. The minimum Gasteiger partial charge on any atom is -0.450 e. The number of benzene rings is 1. The maximum Gasteiger partial charge on any atom is 0.335 e. The number of sulfonamides is 1. The molecule has 9 heteroatoms. The Morgan fingerprint density at radius 3 is 2.35 bits per heavy atom. The van der Waals surface area contributed by atoms with E-state index in [1.807, 2.05) is 0 Å². The Hall–Kier alpha value is -2.26. The second-order valence-corrected chi connectivity index (χ2v) is 8.49. The zero-order valence-corrected chi connectivity index (χ0v) is 15.2. The topological polar surface area (TPSA) is 92.8 Å². The molecule has 2 heterocycles. The highest BCUT2D eigenvalue weighted by Gasteiger charge is 2.51. The number of amides is 1. The van der Waals surface area contributed by atoms with Crippen molar-refractivity contribution in [3.05, 3.63) is 41.2 Å². The number of hydrogen-bond donors (Lipinski definition) is 1. The van der Waals surface area contributed by atoms with Gasteiger partial charge in [0.2, 0.25) is 10.0 Å². The van der Waals surface area contributed by atoms with Gasteiger partial charge in [-0.1, -0.05) is 0 Å². The minimum absolute atomic E-state index is 0.159. The standard InChI is InChI=1S/C17H19FN2O5S/c1-11-14(15(21)19-13-5-3-12(18)4-6-13)17(25-16(11)22)7-9-20(10-8-17)26(2,23)24/h3-6H,7-10H2,1-2H3,(H,19,21). The lowest BCUT2D eigenvalue weighted by Crippen LogP contribution is -2.49. The molecule has 0 bridgehead atoms. The number of halogens is 1. The summed E-state index contributed by atoms with van der Waals surface area (Å²) in [5.74, 6) is -1.52. The highest BCUT2D eigenvalue weighted by atomic mass is 32.2. The van der Waals surface area contributed by atoms with Crippen LogP contribution in [0.1, 0.15) is 19.8 Å². The van der Waals surface area contributed by atoms with E-state index >= 15 is 0 Å². The fourth-order valence-corrected chi connectivity index (χ4v) is 4.23. The van der Waals surface area contributed by atoms with Crippen molar-refractivity contribution in [1.82, 2.24) is 4.31 Å². The Morgan fingerprint density at radius 1 is 1.23 bits per heavy atom. The lowest BCUT2D eigenvalue weighted by molar-refractivity contribution is -0.149. The van der Waals surface area contributed by atoms with Crippen molar-refractivity contribution in [3.63, 3.8) is 0 Å². The first-order valence-corrected chi connectivity index (χ1v) is 9.94. The van der Waals surface area contributed by atoms with E-state index in [0.29, 0.717) is 5.69 Å². The van der Waals surface area contributed by atoms with Crippen LogP contribution in [-0.4, -0.2) is 49.5 Å². The summed E-state index contributed by atoms with van der Waals surface area (Å²) in [6.45, 7) is 1.83. The Morgan fingerprint density at radius 2 is 1.81 bits per heavy atom. The highest BCUT2D eigenvalue weighted by molar-refractivity contribution is 7.88. The third kappa shape index (κ3) is 3.36. The molecule has 1 N–H and O–H groups in total. The summed E-state index contributed by atoms with van der Waals surface area (Å²) < 4.78 is 43.2. The average molecular weight is 382 g/mol. The number of carbonyl (C=O) groups excluding carboxylic acids is 2. The molecule has 0 unspecified atom stereocenters. The first kappa shape index (κ1) is 18.5. The molecule has 1 spiro atoms. The van der Waals surface area contributed by atoms with Gasteiger partial charge in [0.15, 0.2) is 0 Å². The molecule has 0 atom stereocenters. The third-order valence-electron chi connectivity index (χ3n) is 4.75. The largest absolute Gasteiger partial charge is 0.450 e. The first-order valence-electron chi connectivity index (χ1n) is 8.09. The molecule has 1 saturated heterocycles. The van der Waals surface area contributed by atoms with Gasteiger partial charge in [0.1, 0.15) is 11.4 Å². The predicted octanol–water partition coefficient (Wildman–Crippen LogP) is 1.43. The van der Waals surface area contributed by atoms with Crippen molar-refractivity contribution in [2.75, 3.05) is 24.7 Å². The van der Waals surface area contributed by atoms with Crippen LogP contribution in [0, 0.1) is 5.82 Å². The lowest BCUT2D eigenvalue weighted by Gasteiger charge is -2.38. The van der Waals surface area contributed by atoms with Crippen LogP contribution in [0.3, 0.4) is 0 Å². The number of rotatable bonds is 3. The van der Waals surface area contributed by atoms with E-state index in [-0.39, 0.29) is 37.1 Å². The van der Waals surface area contributed by atoms with Gasteiger partial charge in [-0.15, -0.1) is 0 Å². The van der Waals surface area contributed by atoms with Gasteiger partial charge in [0.25, 0.3) is 5.91 Å².